The van der Waals surface area contributed by atoms with Gasteiger partial charge >= 0.3 is 0 Å². The van der Waals surface area contributed by atoms with E-state index in [1.807, 2.05) is 33.0 Å². The Morgan fingerprint density at radius 1 is 0.955 bits per heavy atom. The van der Waals surface area contributed by atoms with Crippen LogP contribution < -0.4 is 16.0 Å². The Balaban J connectivity index is 0.000000847. The van der Waals surface area contributed by atoms with Crippen LogP contribution in [0.1, 0.15) is 30.5 Å². The smallest absolute Gasteiger partial charge is 0.0672 e. The number of nitrogens with zero attached hydrogens (tertiary/aromatic N) is 1. The second-order valence-electron chi connectivity index (χ2n) is 5.07. The Morgan fingerprint density at radius 2 is 1.55 bits per heavy atom. The maximum atomic E-state index is 6.43. The van der Waals surface area contributed by atoms with Crippen LogP contribution in [0.5, 0.6) is 0 Å². The molecule has 0 saturated heterocycles. The molecule has 0 fully saturated rings. The van der Waals surface area contributed by atoms with Gasteiger partial charge in [0.1, 0.15) is 0 Å². The van der Waals surface area contributed by atoms with Crippen molar-refractivity contribution in [1.82, 2.24) is 5.32 Å². The molecule has 3 nitrogen and oxygen atoms in total. The molecule has 3 heteroatoms. The van der Waals surface area contributed by atoms with E-state index in [-0.39, 0.29) is 0 Å². The minimum absolute atomic E-state index is 0.809. The molecule has 1 aliphatic heterocycles. The lowest BCUT2D eigenvalue weighted by atomic mass is 9.96. The maximum Gasteiger partial charge on any atom is 0.0672 e. The average molecular weight is 295 g/mol. The molecule has 0 atom stereocenters. The van der Waals surface area contributed by atoms with Crippen LogP contribution >= 0.6 is 0 Å². The van der Waals surface area contributed by atoms with Gasteiger partial charge in [0.15, 0.2) is 0 Å². The van der Waals surface area contributed by atoms with Crippen LogP contribution in [0, 0.1) is 0 Å². The van der Waals surface area contributed by atoms with Crippen LogP contribution in [-0.2, 0) is 6.54 Å². The molecule has 0 aliphatic carbocycles. The monoisotopic (exact) mass is 295 g/mol. The first-order chi connectivity index (χ1) is 10.7. The minimum atomic E-state index is 0.809. The fourth-order valence-corrected chi connectivity index (χ4v) is 2.83. The fourth-order valence-electron chi connectivity index (χ4n) is 2.83. The van der Waals surface area contributed by atoms with Gasteiger partial charge in [-0.1, -0.05) is 56.3 Å². The first kappa shape index (κ1) is 16.0. The highest BCUT2D eigenvalue weighted by Crippen LogP contribution is 2.33. The van der Waals surface area contributed by atoms with Crippen molar-refractivity contribution in [2.75, 3.05) is 19.0 Å². The molecule has 0 bridgehead atoms. The van der Waals surface area contributed by atoms with Gasteiger partial charge in [0.2, 0.25) is 0 Å². The number of benzene rings is 2. The summed E-state index contributed by atoms with van der Waals surface area (Å²) in [5, 5.41) is 3.27. The zero-order valence-corrected chi connectivity index (χ0v) is 13.9. The van der Waals surface area contributed by atoms with Gasteiger partial charge in [-0.05, 0) is 11.6 Å². The van der Waals surface area contributed by atoms with Crippen molar-refractivity contribution in [3.05, 3.63) is 65.2 Å². The van der Waals surface area contributed by atoms with E-state index in [0.717, 1.165) is 29.1 Å². The highest BCUT2D eigenvalue weighted by atomic mass is 15.1. The zero-order valence-electron chi connectivity index (χ0n) is 13.9. The summed E-state index contributed by atoms with van der Waals surface area (Å²) in [7, 11) is 4.04. The lowest BCUT2D eigenvalue weighted by molar-refractivity contribution is 0.910. The van der Waals surface area contributed by atoms with Crippen LogP contribution in [0.15, 0.2) is 48.5 Å². The molecular formula is C19H25N3. The van der Waals surface area contributed by atoms with E-state index < -0.39 is 0 Å². The molecule has 0 spiro atoms. The molecule has 1 heterocycles. The Bertz CT molecular complexity index is 674. The van der Waals surface area contributed by atoms with Crippen molar-refractivity contribution < 1.29 is 0 Å². The summed E-state index contributed by atoms with van der Waals surface area (Å²) in [5.74, 6) is 0. The summed E-state index contributed by atoms with van der Waals surface area (Å²) in [6.07, 6.45) is 0. The second-order valence-corrected chi connectivity index (χ2v) is 5.07. The standard InChI is InChI=1S/C17H19N3.C2H6/c1-19-17-14-9-5-6-10-15(14)20(2)11-12-7-3-4-8-13(12)16(17)18;1-2/h3-10,19H,11,18H2,1-2H3;1-2H3/b17-16-;. The SMILES string of the molecule is CC.CN/C1=C(\N)c2ccccc2CN(C)c2ccccc21. The lowest BCUT2D eigenvalue weighted by Crippen LogP contribution is -2.24. The van der Waals surface area contributed by atoms with E-state index in [9.17, 15) is 0 Å². The first-order valence-electron chi connectivity index (χ1n) is 7.78. The van der Waals surface area contributed by atoms with Gasteiger partial charge in [-0.25, -0.2) is 0 Å². The van der Waals surface area contributed by atoms with Gasteiger partial charge in [-0.15, -0.1) is 0 Å². The van der Waals surface area contributed by atoms with E-state index in [2.05, 4.69) is 53.7 Å². The molecule has 22 heavy (non-hydrogen) atoms. The predicted molar refractivity (Wildman–Crippen MR) is 96.4 cm³/mol. The summed E-state index contributed by atoms with van der Waals surface area (Å²) in [6, 6.07) is 16.7. The number of rotatable bonds is 1. The van der Waals surface area contributed by atoms with Gasteiger partial charge in [0, 0.05) is 37.5 Å². The highest BCUT2D eigenvalue weighted by molar-refractivity contribution is 5.93. The van der Waals surface area contributed by atoms with Gasteiger partial charge in [0.25, 0.3) is 0 Å². The summed E-state index contributed by atoms with van der Waals surface area (Å²) >= 11 is 0. The number of para-hydroxylation sites is 1. The van der Waals surface area contributed by atoms with E-state index in [0.29, 0.717) is 0 Å². The number of nitrogens with two attached hydrogens (primary N) is 1. The maximum absolute atomic E-state index is 6.43. The third kappa shape index (κ3) is 2.80. The Kier molecular flexibility index (Phi) is 5.10. The van der Waals surface area contributed by atoms with E-state index in [1.165, 1.54) is 11.3 Å². The predicted octanol–water partition coefficient (Wildman–Crippen LogP) is 3.67. The van der Waals surface area contributed by atoms with Crippen LogP contribution in [0.25, 0.3) is 11.4 Å². The van der Waals surface area contributed by atoms with Crippen molar-refractivity contribution in [3.63, 3.8) is 0 Å². The molecular weight excluding hydrogens is 270 g/mol. The topological polar surface area (TPSA) is 41.3 Å². The fraction of sp³-hybridized carbons (Fsp3) is 0.263. The molecule has 2 aromatic rings. The van der Waals surface area contributed by atoms with Crippen LogP contribution in [-0.4, -0.2) is 14.1 Å². The zero-order chi connectivity index (χ0) is 16.1. The van der Waals surface area contributed by atoms with Gasteiger partial charge in [-0.3, -0.25) is 0 Å². The number of hydrogen-bond donors (Lipinski definition) is 2. The third-order valence-electron chi connectivity index (χ3n) is 3.82. The molecule has 0 amide bonds. The molecule has 0 saturated carbocycles. The minimum Gasteiger partial charge on any atom is -0.397 e. The van der Waals surface area contributed by atoms with E-state index in [4.69, 9.17) is 5.73 Å². The lowest BCUT2D eigenvalue weighted by Gasteiger charge is -2.28. The van der Waals surface area contributed by atoms with E-state index in [1.54, 1.807) is 0 Å². The highest BCUT2D eigenvalue weighted by Gasteiger charge is 2.19. The van der Waals surface area contributed by atoms with Crippen molar-refractivity contribution >= 4 is 17.1 Å². The molecule has 1 aliphatic rings. The van der Waals surface area contributed by atoms with Crippen LogP contribution in [0.4, 0.5) is 5.69 Å². The van der Waals surface area contributed by atoms with E-state index >= 15 is 0 Å². The van der Waals surface area contributed by atoms with Crippen molar-refractivity contribution in [3.8, 4) is 0 Å². The number of hydrogen-bond acceptors (Lipinski definition) is 3. The first-order valence-corrected chi connectivity index (χ1v) is 7.78. The molecule has 2 aromatic carbocycles. The Hall–Kier alpha value is -2.42. The molecule has 3 N–H and O–H groups in total. The Morgan fingerprint density at radius 3 is 2.23 bits per heavy atom. The number of anilines is 1. The quantitative estimate of drug-likeness (QED) is 0.843. The van der Waals surface area contributed by atoms with Crippen molar-refractivity contribution in [2.45, 2.75) is 20.4 Å². The second kappa shape index (κ2) is 7.03. The third-order valence-corrected chi connectivity index (χ3v) is 3.82. The van der Waals surface area contributed by atoms with Gasteiger partial charge in [0.05, 0.1) is 11.4 Å². The molecule has 116 valence electrons. The van der Waals surface area contributed by atoms with Crippen molar-refractivity contribution in [1.29, 1.82) is 0 Å². The average Bonchev–Trinajstić information content (AvgIpc) is 2.57. The van der Waals surface area contributed by atoms with Crippen LogP contribution in [0.2, 0.25) is 0 Å². The largest absolute Gasteiger partial charge is 0.397 e. The molecule has 0 radical (unpaired) electrons. The van der Waals surface area contributed by atoms with Crippen LogP contribution in [0.3, 0.4) is 0 Å². The van der Waals surface area contributed by atoms with Crippen molar-refractivity contribution in [2.24, 2.45) is 5.73 Å². The summed E-state index contributed by atoms with van der Waals surface area (Å²) < 4.78 is 0. The molecule has 3 rings (SSSR count). The number of fused-ring (bicyclic) bond motifs is 2. The molecule has 0 unspecified atom stereocenters. The Labute approximate surface area is 133 Å². The summed E-state index contributed by atoms with van der Waals surface area (Å²) in [5.41, 5.74) is 12.9. The number of nitrogens with one attached hydrogen (secondary N) is 1. The molecule has 0 aromatic heterocycles. The normalized spacial score (nSPS) is 16.5. The summed E-state index contributed by atoms with van der Waals surface area (Å²) in [6.45, 7) is 4.85. The summed E-state index contributed by atoms with van der Waals surface area (Å²) in [4.78, 5) is 2.26. The van der Waals surface area contributed by atoms with Gasteiger partial charge < -0.3 is 16.0 Å². The van der Waals surface area contributed by atoms with Gasteiger partial charge in [-0.2, -0.15) is 0 Å².